The number of rotatable bonds is 45. The fourth-order valence-corrected chi connectivity index (χ4v) is 6.74. The zero-order valence-corrected chi connectivity index (χ0v) is 41.7. The van der Waals surface area contributed by atoms with Crippen molar-refractivity contribution in [3.8, 4) is 0 Å². The Hall–Kier alpha value is -4.19. The summed E-state index contributed by atoms with van der Waals surface area (Å²) in [4.78, 5) is 38.0. The lowest BCUT2D eigenvalue weighted by Gasteiger charge is -2.18. The molecule has 65 heavy (non-hydrogen) atoms. The highest BCUT2D eigenvalue weighted by Gasteiger charge is 2.19. The van der Waals surface area contributed by atoms with Crippen LogP contribution >= 0.6 is 0 Å². The number of ether oxygens (including phenoxy) is 3. The SMILES string of the molecule is CC\C=C/C=C\C=C/C=C\C=C/CCCCCC(=O)OC(COC(=O)CCCCCCC\C=C/C=C\C=C/CCCCCCC)COC(=O)CCCCCCCCC/C=C\C/C=C\CC. The molecule has 0 aromatic rings. The molecule has 0 fully saturated rings. The molecule has 0 saturated heterocycles. The minimum Gasteiger partial charge on any atom is -0.462 e. The molecule has 1 unspecified atom stereocenters. The Labute approximate surface area is 399 Å². The van der Waals surface area contributed by atoms with Gasteiger partial charge in [0, 0.05) is 19.3 Å². The topological polar surface area (TPSA) is 78.9 Å². The highest BCUT2D eigenvalue weighted by Crippen LogP contribution is 2.13. The zero-order valence-electron chi connectivity index (χ0n) is 41.7. The van der Waals surface area contributed by atoms with Gasteiger partial charge in [0.05, 0.1) is 0 Å². The predicted octanol–water partition coefficient (Wildman–Crippen LogP) is 17.3. The van der Waals surface area contributed by atoms with Crippen LogP contribution in [0, 0.1) is 0 Å². The average Bonchev–Trinajstić information content (AvgIpc) is 3.30. The van der Waals surface area contributed by atoms with Gasteiger partial charge in [-0.1, -0.05) is 226 Å². The fourth-order valence-electron chi connectivity index (χ4n) is 6.74. The Morgan fingerprint density at radius 3 is 1.12 bits per heavy atom. The summed E-state index contributed by atoms with van der Waals surface area (Å²) in [6.07, 6.45) is 71.8. The number of hydrogen-bond acceptors (Lipinski definition) is 6. The molecule has 0 aromatic carbocycles. The van der Waals surface area contributed by atoms with Gasteiger partial charge in [-0.2, -0.15) is 0 Å². The van der Waals surface area contributed by atoms with Gasteiger partial charge >= 0.3 is 17.9 Å². The first kappa shape index (κ1) is 60.8. The fraction of sp³-hybridized carbons (Fsp3) is 0.610. The van der Waals surface area contributed by atoms with E-state index >= 15 is 0 Å². The smallest absolute Gasteiger partial charge is 0.306 e. The monoisotopic (exact) mass is 899 g/mol. The highest BCUT2D eigenvalue weighted by molar-refractivity contribution is 5.71. The Kier molecular flexibility index (Phi) is 49.1. The molecule has 6 heteroatoms. The van der Waals surface area contributed by atoms with Crippen LogP contribution in [0.3, 0.4) is 0 Å². The standard InChI is InChI=1S/C59H94O6/c1-4-7-10-13-16-19-22-25-28-29-30-32-34-37-40-43-46-49-52-58(61)64-55-56(54-63-57(60)51-48-45-42-39-36-33-27-24-21-18-15-12-9-6-3)65-59(62)53-50-47-44-41-38-35-31-26-23-20-17-14-11-8-5-2/h8-9,11-12,14,17-18,20-23,25-26,28-32,35,38,56H,4-7,10,13,15-16,19,24,27,33-34,36-37,39-55H2,1-3H3/b11-8-,12-9-,17-14-,21-18-,23-20-,25-22-,29-28-,31-26-,32-30-,38-35-. The number of esters is 3. The molecule has 0 rings (SSSR count). The van der Waals surface area contributed by atoms with E-state index in [1.807, 2.05) is 48.6 Å². The number of allylic oxidation sites excluding steroid dienone is 20. The summed E-state index contributed by atoms with van der Waals surface area (Å²) >= 11 is 0. The molecule has 6 nitrogen and oxygen atoms in total. The Morgan fingerprint density at radius 2 is 0.677 bits per heavy atom. The molecule has 0 bridgehead atoms. The first-order valence-electron chi connectivity index (χ1n) is 26.1. The molecule has 0 N–H and O–H groups in total. The number of carbonyl (C=O) groups excluding carboxylic acids is 3. The molecule has 0 radical (unpaired) electrons. The van der Waals surface area contributed by atoms with Crippen molar-refractivity contribution in [1.29, 1.82) is 0 Å². The molecule has 0 aromatic heterocycles. The largest absolute Gasteiger partial charge is 0.462 e. The highest BCUT2D eigenvalue weighted by atomic mass is 16.6. The van der Waals surface area contributed by atoms with E-state index in [1.165, 1.54) is 57.8 Å². The number of hydrogen-bond donors (Lipinski definition) is 0. The minimum absolute atomic E-state index is 0.110. The molecule has 0 spiro atoms. The molecular formula is C59H94O6. The van der Waals surface area contributed by atoms with Crippen molar-refractivity contribution in [2.75, 3.05) is 13.2 Å². The maximum absolute atomic E-state index is 12.8. The van der Waals surface area contributed by atoms with E-state index < -0.39 is 6.10 Å². The summed E-state index contributed by atoms with van der Waals surface area (Å²) in [6, 6.07) is 0. The van der Waals surface area contributed by atoms with E-state index in [9.17, 15) is 14.4 Å². The minimum atomic E-state index is -0.815. The van der Waals surface area contributed by atoms with E-state index in [0.717, 1.165) is 109 Å². The molecule has 0 aliphatic rings. The van der Waals surface area contributed by atoms with Crippen LogP contribution in [0.1, 0.15) is 213 Å². The van der Waals surface area contributed by atoms with Gasteiger partial charge in [0.15, 0.2) is 6.10 Å². The van der Waals surface area contributed by atoms with Gasteiger partial charge in [-0.05, 0) is 89.9 Å². The van der Waals surface area contributed by atoms with Gasteiger partial charge in [0.1, 0.15) is 13.2 Å². The van der Waals surface area contributed by atoms with Crippen molar-refractivity contribution in [3.63, 3.8) is 0 Å². The van der Waals surface area contributed by atoms with Crippen molar-refractivity contribution in [2.24, 2.45) is 0 Å². The molecule has 366 valence electrons. The molecule has 0 heterocycles. The van der Waals surface area contributed by atoms with E-state index in [4.69, 9.17) is 14.2 Å². The van der Waals surface area contributed by atoms with Crippen LogP contribution in [0.4, 0.5) is 0 Å². The van der Waals surface area contributed by atoms with E-state index in [2.05, 4.69) is 93.7 Å². The molecule has 1 atom stereocenters. The Bertz CT molecular complexity index is 1400. The second kappa shape index (κ2) is 52.4. The summed E-state index contributed by atoms with van der Waals surface area (Å²) in [5.74, 6) is -0.987. The average molecular weight is 899 g/mol. The van der Waals surface area contributed by atoms with Gasteiger partial charge in [0.2, 0.25) is 0 Å². The zero-order chi connectivity index (χ0) is 47.2. The number of unbranched alkanes of at least 4 members (excludes halogenated alkanes) is 20. The van der Waals surface area contributed by atoms with Gasteiger partial charge < -0.3 is 14.2 Å². The van der Waals surface area contributed by atoms with Crippen molar-refractivity contribution < 1.29 is 28.6 Å². The first-order chi connectivity index (χ1) is 32.0. The summed E-state index contributed by atoms with van der Waals surface area (Å²) in [5.41, 5.74) is 0. The molecule has 0 saturated carbocycles. The second-order valence-corrected chi connectivity index (χ2v) is 16.8. The molecule has 0 aliphatic carbocycles. The van der Waals surface area contributed by atoms with Crippen LogP contribution < -0.4 is 0 Å². The quantitative estimate of drug-likeness (QED) is 0.0199. The van der Waals surface area contributed by atoms with E-state index in [1.54, 1.807) is 0 Å². The maximum Gasteiger partial charge on any atom is 0.306 e. The van der Waals surface area contributed by atoms with E-state index in [0.29, 0.717) is 19.3 Å². The third-order valence-electron chi connectivity index (χ3n) is 10.6. The summed E-state index contributed by atoms with van der Waals surface area (Å²) in [5, 5.41) is 0. The van der Waals surface area contributed by atoms with Crippen molar-refractivity contribution in [3.05, 3.63) is 122 Å². The van der Waals surface area contributed by atoms with Gasteiger partial charge in [0.25, 0.3) is 0 Å². The molecular weight excluding hydrogens is 805 g/mol. The summed E-state index contributed by atoms with van der Waals surface area (Å²) in [6.45, 7) is 6.30. The van der Waals surface area contributed by atoms with Crippen LogP contribution in [-0.2, 0) is 28.6 Å². The van der Waals surface area contributed by atoms with Crippen molar-refractivity contribution in [2.45, 2.75) is 219 Å². The van der Waals surface area contributed by atoms with Crippen molar-refractivity contribution in [1.82, 2.24) is 0 Å². The van der Waals surface area contributed by atoms with Gasteiger partial charge in [-0.25, -0.2) is 0 Å². The lowest BCUT2D eigenvalue weighted by molar-refractivity contribution is -0.167. The van der Waals surface area contributed by atoms with Crippen LogP contribution in [-0.4, -0.2) is 37.2 Å². The Balaban J connectivity index is 4.53. The lowest BCUT2D eigenvalue weighted by atomic mass is 10.1. The third kappa shape index (κ3) is 50.7. The Morgan fingerprint density at radius 1 is 0.338 bits per heavy atom. The normalized spacial score (nSPS) is 13.1. The van der Waals surface area contributed by atoms with Crippen LogP contribution in [0.2, 0.25) is 0 Å². The molecule has 0 amide bonds. The predicted molar refractivity (Wildman–Crippen MR) is 279 cm³/mol. The third-order valence-corrected chi connectivity index (χ3v) is 10.6. The van der Waals surface area contributed by atoms with Gasteiger partial charge in [-0.3, -0.25) is 14.4 Å². The van der Waals surface area contributed by atoms with Crippen molar-refractivity contribution >= 4 is 17.9 Å². The second-order valence-electron chi connectivity index (χ2n) is 16.8. The lowest BCUT2D eigenvalue weighted by Crippen LogP contribution is -2.30. The number of carbonyl (C=O) groups is 3. The van der Waals surface area contributed by atoms with Crippen LogP contribution in [0.5, 0.6) is 0 Å². The first-order valence-corrected chi connectivity index (χ1v) is 26.1. The molecule has 0 aliphatic heterocycles. The van der Waals surface area contributed by atoms with Crippen LogP contribution in [0.25, 0.3) is 0 Å². The summed E-state index contributed by atoms with van der Waals surface area (Å²) < 4.78 is 16.7. The maximum atomic E-state index is 12.8. The summed E-state index contributed by atoms with van der Waals surface area (Å²) in [7, 11) is 0. The van der Waals surface area contributed by atoms with Gasteiger partial charge in [-0.15, -0.1) is 0 Å². The van der Waals surface area contributed by atoms with Crippen LogP contribution in [0.15, 0.2) is 122 Å². The van der Waals surface area contributed by atoms with E-state index in [-0.39, 0.29) is 37.5 Å².